The molecule has 0 amide bonds. The van der Waals surface area contributed by atoms with E-state index in [2.05, 4.69) is 23.8 Å². The number of rotatable bonds is 5. The van der Waals surface area contributed by atoms with Gasteiger partial charge in [0.05, 0.1) is 12.4 Å². The van der Waals surface area contributed by atoms with Crippen molar-refractivity contribution < 1.29 is 14.6 Å². The Hall–Kier alpha value is -2.43. The Morgan fingerprint density at radius 2 is 2.05 bits per heavy atom. The summed E-state index contributed by atoms with van der Waals surface area (Å²) >= 11 is 0. The van der Waals surface area contributed by atoms with Crippen LogP contribution in [0.15, 0.2) is 36.7 Å². The minimum Gasteiger partial charge on any atom is -0.476 e. The lowest BCUT2D eigenvalue weighted by Crippen LogP contribution is -2.02. The second-order valence-electron chi connectivity index (χ2n) is 4.49. The fraction of sp³-hybridized carbons (Fsp3) is 0.267. The number of carbonyl (C=O) groups is 1. The van der Waals surface area contributed by atoms with E-state index >= 15 is 0 Å². The molecule has 0 saturated heterocycles. The summed E-state index contributed by atoms with van der Waals surface area (Å²) in [5.41, 5.74) is 0.992. The van der Waals surface area contributed by atoms with Gasteiger partial charge in [-0.25, -0.2) is 14.8 Å². The number of hydrogen-bond acceptors (Lipinski definition) is 4. The average molecular weight is 272 g/mol. The van der Waals surface area contributed by atoms with E-state index in [1.165, 1.54) is 12.4 Å². The molecule has 1 N–H and O–H groups in total. The molecule has 1 aromatic heterocycles. The Kier molecular flexibility index (Phi) is 4.30. The van der Waals surface area contributed by atoms with Gasteiger partial charge in [-0.05, 0) is 24.0 Å². The zero-order chi connectivity index (χ0) is 14.5. The van der Waals surface area contributed by atoms with Crippen LogP contribution in [0, 0.1) is 0 Å². The number of benzene rings is 1. The predicted molar refractivity (Wildman–Crippen MR) is 74.2 cm³/mol. The maximum atomic E-state index is 10.7. The summed E-state index contributed by atoms with van der Waals surface area (Å²) in [5.74, 6) is 0.270. The maximum absolute atomic E-state index is 10.7. The zero-order valence-corrected chi connectivity index (χ0v) is 11.4. The molecule has 1 aromatic carbocycles. The second-order valence-corrected chi connectivity index (χ2v) is 4.49. The van der Waals surface area contributed by atoms with Gasteiger partial charge < -0.3 is 9.84 Å². The highest BCUT2D eigenvalue weighted by Gasteiger charge is 2.11. The first-order valence-electron chi connectivity index (χ1n) is 6.44. The third-order valence-electron chi connectivity index (χ3n) is 3.12. The molecule has 20 heavy (non-hydrogen) atoms. The monoisotopic (exact) mass is 272 g/mol. The molecule has 0 aliphatic carbocycles. The van der Waals surface area contributed by atoms with Crippen molar-refractivity contribution in [2.75, 3.05) is 0 Å². The largest absolute Gasteiger partial charge is 0.476 e. The summed E-state index contributed by atoms with van der Waals surface area (Å²) in [4.78, 5) is 18.4. The third-order valence-corrected chi connectivity index (χ3v) is 3.12. The molecule has 0 bridgehead atoms. The van der Waals surface area contributed by atoms with Crippen molar-refractivity contribution in [2.45, 2.75) is 26.2 Å². The average Bonchev–Trinajstić information content (AvgIpc) is 2.47. The highest BCUT2D eigenvalue weighted by Crippen LogP contribution is 2.30. The first-order valence-corrected chi connectivity index (χ1v) is 6.44. The topological polar surface area (TPSA) is 72.3 Å². The van der Waals surface area contributed by atoms with Crippen molar-refractivity contribution in [3.8, 4) is 11.6 Å². The van der Waals surface area contributed by atoms with Crippen LogP contribution in [0.4, 0.5) is 0 Å². The number of nitrogens with zero attached hydrogens (tertiary/aromatic N) is 2. The van der Waals surface area contributed by atoms with Crippen LogP contribution in [0.5, 0.6) is 11.6 Å². The molecule has 0 aliphatic heterocycles. The minimum atomic E-state index is -1.11. The molecule has 2 rings (SSSR count). The van der Waals surface area contributed by atoms with E-state index in [0.717, 1.165) is 17.7 Å². The molecule has 0 saturated carbocycles. The Morgan fingerprint density at radius 1 is 1.30 bits per heavy atom. The number of aromatic nitrogens is 2. The van der Waals surface area contributed by atoms with Gasteiger partial charge in [-0.15, -0.1) is 0 Å². The molecule has 104 valence electrons. The van der Waals surface area contributed by atoms with Gasteiger partial charge in [-0.3, -0.25) is 0 Å². The van der Waals surface area contributed by atoms with Crippen LogP contribution in [0.1, 0.15) is 42.2 Å². The lowest BCUT2D eigenvalue weighted by atomic mass is 9.98. The van der Waals surface area contributed by atoms with Crippen molar-refractivity contribution >= 4 is 5.97 Å². The molecule has 1 heterocycles. The van der Waals surface area contributed by atoms with Crippen LogP contribution >= 0.6 is 0 Å². The predicted octanol–water partition coefficient (Wildman–Crippen LogP) is 3.48. The highest BCUT2D eigenvalue weighted by atomic mass is 16.5. The smallest absolute Gasteiger partial charge is 0.356 e. The Morgan fingerprint density at radius 3 is 2.65 bits per heavy atom. The molecule has 0 radical (unpaired) electrons. The van der Waals surface area contributed by atoms with Crippen molar-refractivity contribution in [3.63, 3.8) is 0 Å². The summed E-state index contributed by atoms with van der Waals surface area (Å²) in [5, 5.41) is 8.77. The first kappa shape index (κ1) is 14.0. The summed E-state index contributed by atoms with van der Waals surface area (Å²) in [6.07, 6.45) is 3.50. The molecule has 0 spiro atoms. The highest BCUT2D eigenvalue weighted by molar-refractivity contribution is 5.84. The second kappa shape index (κ2) is 6.14. The maximum Gasteiger partial charge on any atom is 0.356 e. The van der Waals surface area contributed by atoms with Crippen LogP contribution in [-0.4, -0.2) is 21.0 Å². The molecule has 0 fully saturated rings. The van der Waals surface area contributed by atoms with Gasteiger partial charge in [0.2, 0.25) is 5.88 Å². The number of carboxylic acids is 1. The Labute approximate surface area is 117 Å². The molecule has 1 unspecified atom stereocenters. The van der Waals surface area contributed by atoms with Crippen LogP contribution in [-0.2, 0) is 0 Å². The molecular weight excluding hydrogens is 256 g/mol. The van der Waals surface area contributed by atoms with E-state index < -0.39 is 5.97 Å². The molecule has 5 heteroatoms. The Balaban J connectivity index is 2.23. The summed E-state index contributed by atoms with van der Waals surface area (Å²) < 4.78 is 5.70. The van der Waals surface area contributed by atoms with Crippen molar-refractivity contribution in [1.82, 2.24) is 9.97 Å². The fourth-order valence-corrected chi connectivity index (χ4v) is 1.79. The van der Waals surface area contributed by atoms with Gasteiger partial charge >= 0.3 is 5.97 Å². The van der Waals surface area contributed by atoms with Crippen LogP contribution in [0.25, 0.3) is 0 Å². The van der Waals surface area contributed by atoms with Crippen LogP contribution in [0.2, 0.25) is 0 Å². The van der Waals surface area contributed by atoms with E-state index in [-0.39, 0.29) is 11.6 Å². The van der Waals surface area contributed by atoms with Crippen LogP contribution < -0.4 is 4.74 Å². The number of hydrogen-bond donors (Lipinski definition) is 1. The number of ether oxygens (including phenoxy) is 1. The molecular formula is C15H16N2O3. The summed E-state index contributed by atoms with van der Waals surface area (Å²) in [6.45, 7) is 4.24. The van der Waals surface area contributed by atoms with E-state index in [1.54, 1.807) is 0 Å². The molecule has 2 aromatic rings. The minimum absolute atomic E-state index is 0.104. The SMILES string of the molecule is CCC(C)c1ccccc1Oc1cnc(C(=O)O)cn1. The van der Waals surface area contributed by atoms with Gasteiger partial charge in [-0.2, -0.15) is 0 Å². The van der Waals surface area contributed by atoms with E-state index in [0.29, 0.717) is 5.92 Å². The summed E-state index contributed by atoms with van der Waals surface area (Å²) in [6, 6.07) is 7.74. The van der Waals surface area contributed by atoms with E-state index in [1.807, 2.05) is 24.3 Å². The molecule has 0 aliphatic rings. The quantitative estimate of drug-likeness (QED) is 0.902. The standard InChI is InChI=1S/C15H16N2O3/c1-3-10(2)11-6-4-5-7-13(11)20-14-9-16-12(8-17-14)15(18)19/h4-10H,3H2,1-2H3,(H,18,19). The van der Waals surface area contributed by atoms with Crippen molar-refractivity contribution in [1.29, 1.82) is 0 Å². The van der Waals surface area contributed by atoms with Gasteiger partial charge in [-0.1, -0.05) is 32.0 Å². The lowest BCUT2D eigenvalue weighted by molar-refractivity contribution is 0.0690. The third kappa shape index (κ3) is 3.12. The van der Waals surface area contributed by atoms with Crippen molar-refractivity contribution in [2.24, 2.45) is 0 Å². The van der Waals surface area contributed by atoms with E-state index in [9.17, 15) is 4.79 Å². The van der Waals surface area contributed by atoms with Gasteiger partial charge in [0.15, 0.2) is 5.69 Å². The van der Waals surface area contributed by atoms with Gasteiger partial charge in [0.25, 0.3) is 0 Å². The number of carboxylic acid groups (broad SMARTS) is 1. The molecule has 5 nitrogen and oxygen atoms in total. The lowest BCUT2D eigenvalue weighted by Gasteiger charge is -2.14. The summed E-state index contributed by atoms with van der Waals surface area (Å²) in [7, 11) is 0. The Bertz CT molecular complexity index is 596. The van der Waals surface area contributed by atoms with E-state index in [4.69, 9.17) is 9.84 Å². The van der Waals surface area contributed by atoms with Gasteiger partial charge in [0.1, 0.15) is 5.75 Å². The molecule has 1 atom stereocenters. The first-order chi connectivity index (χ1) is 9.61. The van der Waals surface area contributed by atoms with Crippen LogP contribution in [0.3, 0.4) is 0 Å². The van der Waals surface area contributed by atoms with Gasteiger partial charge in [0, 0.05) is 0 Å². The number of para-hydroxylation sites is 1. The number of aromatic carboxylic acids is 1. The van der Waals surface area contributed by atoms with Crippen molar-refractivity contribution in [3.05, 3.63) is 47.9 Å². The zero-order valence-electron chi connectivity index (χ0n) is 11.4. The fourth-order valence-electron chi connectivity index (χ4n) is 1.79. The normalized spacial score (nSPS) is 11.9.